The number of aromatic amines is 1. The number of pyridine rings is 1. The lowest BCUT2D eigenvalue weighted by Gasteiger charge is -1.81. The quantitative estimate of drug-likeness (QED) is 0.750. The Morgan fingerprint density at radius 3 is 3.18 bits per heavy atom. The molecular weight excluding hydrogens is 228 g/mol. The average molecular weight is 231 g/mol. The van der Waals surface area contributed by atoms with Crippen LogP contribution in [0.2, 0.25) is 0 Å². The molecule has 0 aliphatic carbocycles. The Bertz CT molecular complexity index is 447. The molecule has 0 radical (unpaired) electrons. The predicted molar refractivity (Wildman–Crippen MR) is 47.9 cm³/mol. The molecule has 0 unspecified atom stereocenters. The van der Waals surface area contributed by atoms with Gasteiger partial charge >= 0.3 is 0 Å². The summed E-state index contributed by atoms with van der Waals surface area (Å²) in [6, 6.07) is 1.78. The molecule has 56 valence electrons. The van der Waals surface area contributed by atoms with Gasteiger partial charge in [-0.1, -0.05) is 0 Å². The van der Waals surface area contributed by atoms with Crippen molar-refractivity contribution in [2.24, 2.45) is 0 Å². The molecule has 11 heavy (non-hydrogen) atoms. The number of aromatic nitrogens is 2. The maximum Gasteiger partial charge on any atom is 0.267 e. The highest BCUT2D eigenvalue weighted by atomic mass is 79.9. The Labute approximate surface area is 74.2 Å². The molecule has 2 heterocycles. The van der Waals surface area contributed by atoms with Crippen molar-refractivity contribution in [1.82, 2.24) is 9.97 Å². The van der Waals surface area contributed by atoms with Gasteiger partial charge in [0.05, 0.1) is 5.52 Å². The van der Waals surface area contributed by atoms with E-state index in [-0.39, 0.29) is 5.56 Å². The molecule has 3 nitrogen and oxygen atoms in total. The van der Waals surface area contributed by atoms with Crippen molar-refractivity contribution in [3.8, 4) is 0 Å². The molecule has 0 fully saturated rings. The topological polar surface area (TPSA) is 45.8 Å². The van der Waals surface area contributed by atoms with Crippen LogP contribution in [0.3, 0.4) is 0 Å². The molecule has 0 saturated carbocycles. The smallest absolute Gasteiger partial charge is 0.267 e. The molecule has 2 aromatic rings. The van der Waals surface area contributed by atoms with Crippen LogP contribution in [0.5, 0.6) is 0 Å². The number of thiazole rings is 1. The Hall–Kier alpha value is -0.680. The molecule has 0 aromatic carbocycles. The maximum absolute atomic E-state index is 11.1. The summed E-state index contributed by atoms with van der Waals surface area (Å²) in [5.74, 6) is 0. The van der Waals surface area contributed by atoms with Crippen molar-refractivity contribution in [3.05, 3.63) is 26.5 Å². The zero-order valence-electron chi connectivity index (χ0n) is 5.30. The molecule has 0 aliphatic heterocycles. The Balaban J connectivity index is 3.02. The SMILES string of the molecule is O=c1[nH]ccc2nc(Br)sc12. The van der Waals surface area contributed by atoms with Gasteiger partial charge in [-0.3, -0.25) is 4.79 Å². The van der Waals surface area contributed by atoms with E-state index in [1.807, 2.05) is 0 Å². The highest BCUT2D eigenvalue weighted by Crippen LogP contribution is 2.21. The number of halogens is 1. The second-order valence-corrected chi connectivity index (χ2v) is 4.26. The van der Waals surface area contributed by atoms with Gasteiger partial charge in [0.15, 0.2) is 3.92 Å². The van der Waals surface area contributed by atoms with E-state index in [0.29, 0.717) is 4.70 Å². The summed E-state index contributed by atoms with van der Waals surface area (Å²) in [6.45, 7) is 0. The van der Waals surface area contributed by atoms with E-state index in [2.05, 4.69) is 25.9 Å². The molecule has 2 rings (SSSR count). The zero-order valence-corrected chi connectivity index (χ0v) is 7.70. The molecule has 0 bridgehead atoms. The van der Waals surface area contributed by atoms with Gasteiger partial charge in [-0.25, -0.2) is 4.98 Å². The van der Waals surface area contributed by atoms with E-state index >= 15 is 0 Å². The molecule has 2 aromatic heterocycles. The normalized spacial score (nSPS) is 10.6. The molecule has 0 atom stereocenters. The van der Waals surface area contributed by atoms with Crippen molar-refractivity contribution in [3.63, 3.8) is 0 Å². The van der Waals surface area contributed by atoms with Crippen LogP contribution in [-0.4, -0.2) is 9.97 Å². The summed E-state index contributed by atoms with van der Waals surface area (Å²) in [5, 5.41) is 0. The lowest BCUT2D eigenvalue weighted by atomic mass is 10.4. The fourth-order valence-corrected chi connectivity index (χ4v) is 2.20. The summed E-state index contributed by atoms with van der Waals surface area (Å²) in [5.41, 5.74) is 0.663. The number of H-pyrrole nitrogens is 1. The van der Waals surface area contributed by atoms with Gasteiger partial charge in [0, 0.05) is 6.20 Å². The van der Waals surface area contributed by atoms with Crippen molar-refractivity contribution in [2.75, 3.05) is 0 Å². The minimum absolute atomic E-state index is 0.0781. The second kappa shape index (κ2) is 2.42. The second-order valence-electron chi connectivity index (χ2n) is 1.99. The maximum atomic E-state index is 11.1. The lowest BCUT2D eigenvalue weighted by molar-refractivity contribution is 1.27. The third kappa shape index (κ3) is 1.10. The van der Waals surface area contributed by atoms with Crippen molar-refractivity contribution < 1.29 is 0 Å². The van der Waals surface area contributed by atoms with Crippen molar-refractivity contribution in [1.29, 1.82) is 0 Å². The fourth-order valence-electron chi connectivity index (χ4n) is 0.842. The predicted octanol–water partition coefficient (Wildman–Crippen LogP) is 1.75. The van der Waals surface area contributed by atoms with E-state index < -0.39 is 0 Å². The lowest BCUT2D eigenvalue weighted by Crippen LogP contribution is -2.01. The molecule has 0 aliphatic rings. The zero-order chi connectivity index (χ0) is 7.84. The summed E-state index contributed by atoms with van der Waals surface area (Å²) < 4.78 is 1.41. The third-order valence-electron chi connectivity index (χ3n) is 1.29. The first-order valence-corrected chi connectivity index (χ1v) is 4.52. The molecule has 1 N–H and O–H groups in total. The Morgan fingerprint density at radius 1 is 1.64 bits per heavy atom. The number of rotatable bonds is 0. The number of hydrogen-bond donors (Lipinski definition) is 1. The standard InChI is InChI=1S/C6H3BrN2OS/c7-6-9-3-1-2-8-5(10)4(3)11-6/h1-2H,(H,8,10). The fraction of sp³-hybridized carbons (Fsp3) is 0. The van der Waals surface area contributed by atoms with E-state index in [0.717, 1.165) is 9.43 Å². The van der Waals surface area contributed by atoms with Gasteiger partial charge in [-0.05, 0) is 22.0 Å². The first kappa shape index (κ1) is 7.00. The molecule has 5 heteroatoms. The summed E-state index contributed by atoms with van der Waals surface area (Å²) >= 11 is 4.55. The van der Waals surface area contributed by atoms with Gasteiger partial charge in [0.2, 0.25) is 0 Å². The first-order chi connectivity index (χ1) is 5.27. The van der Waals surface area contributed by atoms with Crippen LogP contribution in [-0.2, 0) is 0 Å². The van der Waals surface area contributed by atoms with Crippen LogP contribution in [0.1, 0.15) is 0 Å². The Kier molecular flexibility index (Phi) is 1.54. The van der Waals surface area contributed by atoms with Crippen molar-refractivity contribution in [2.45, 2.75) is 0 Å². The molecular formula is C6H3BrN2OS. The number of fused-ring (bicyclic) bond motifs is 1. The summed E-state index contributed by atoms with van der Waals surface area (Å²) in [6.07, 6.45) is 1.59. The van der Waals surface area contributed by atoms with E-state index in [4.69, 9.17) is 0 Å². The van der Waals surface area contributed by atoms with Gasteiger partial charge in [0.25, 0.3) is 5.56 Å². The molecule has 0 amide bonds. The van der Waals surface area contributed by atoms with Crippen LogP contribution in [0.4, 0.5) is 0 Å². The van der Waals surface area contributed by atoms with Crippen LogP contribution in [0.15, 0.2) is 21.0 Å². The van der Waals surface area contributed by atoms with E-state index in [9.17, 15) is 4.79 Å². The van der Waals surface area contributed by atoms with Crippen LogP contribution in [0.25, 0.3) is 10.2 Å². The van der Waals surface area contributed by atoms with Gasteiger partial charge < -0.3 is 4.98 Å². The minimum Gasteiger partial charge on any atom is -0.328 e. The summed E-state index contributed by atoms with van der Waals surface area (Å²) in [4.78, 5) is 17.8. The van der Waals surface area contributed by atoms with Crippen LogP contribution >= 0.6 is 27.3 Å². The molecule has 0 spiro atoms. The van der Waals surface area contributed by atoms with Gasteiger partial charge in [0.1, 0.15) is 4.70 Å². The largest absolute Gasteiger partial charge is 0.328 e. The molecule has 0 saturated heterocycles. The average Bonchev–Trinajstić information content (AvgIpc) is 2.31. The first-order valence-electron chi connectivity index (χ1n) is 2.91. The number of nitrogens with zero attached hydrogens (tertiary/aromatic N) is 1. The summed E-state index contributed by atoms with van der Waals surface area (Å²) in [7, 11) is 0. The highest BCUT2D eigenvalue weighted by Gasteiger charge is 2.02. The highest BCUT2D eigenvalue weighted by molar-refractivity contribution is 9.11. The van der Waals surface area contributed by atoms with E-state index in [1.54, 1.807) is 12.3 Å². The van der Waals surface area contributed by atoms with Crippen LogP contribution in [0, 0.1) is 0 Å². The third-order valence-corrected chi connectivity index (χ3v) is 2.81. The van der Waals surface area contributed by atoms with Crippen LogP contribution < -0.4 is 5.56 Å². The Morgan fingerprint density at radius 2 is 2.45 bits per heavy atom. The number of hydrogen-bond acceptors (Lipinski definition) is 3. The van der Waals surface area contributed by atoms with Gasteiger partial charge in [-0.2, -0.15) is 0 Å². The minimum atomic E-state index is -0.0781. The van der Waals surface area contributed by atoms with Gasteiger partial charge in [-0.15, -0.1) is 11.3 Å². The monoisotopic (exact) mass is 230 g/mol. The van der Waals surface area contributed by atoms with Crippen molar-refractivity contribution >= 4 is 37.5 Å². The number of nitrogens with one attached hydrogen (secondary N) is 1. The van der Waals surface area contributed by atoms with E-state index in [1.165, 1.54) is 11.3 Å².